The molecule has 1 atom stereocenters. The highest BCUT2D eigenvalue weighted by atomic mass is 32.2. The van der Waals surface area contributed by atoms with Crippen molar-refractivity contribution in [1.82, 2.24) is 14.4 Å². The van der Waals surface area contributed by atoms with Crippen LogP contribution in [0.3, 0.4) is 0 Å². The van der Waals surface area contributed by atoms with Crippen molar-refractivity contribution in [2.24, 2.45) is 0 Å². The summed E-state index contributed by atoms with van der Waals surface area (Å²) in [7, 11) is -4.57. The third-order valence-corrected chi connectivity index (χ3v) is 9.05. The van der Waals surface area contributed by atoms with Crippen LogP contribution in [0, 0.1) is 0 Å². The Balaban J connectivity index is 2.28. The van der Waals surface area contributed by atoms with E-state index < -0.39 is 36.1 Å². The smallest absolute Gasteiger partial charge is 0.264 e. The molecule has 1 amide bonds. The summed E-state index contributed by atoms with van der Waals surface area (Å²) >= 11 is 0. The highest BCUT2D eigenvalue weighted by Crippen LogP contribution is 2.23. The minimum Gasteiger partial charge on any atom is -0.315 e. The molecule has 2 N–H and O–H groups in total. The maximum absolute atomic E-state index is 12.5. The molecule has 1 unspecified atom stereocenters. The summed E-state index contributed by atoms with van der Waals surface area (Å²) in [5, 5.41) is 8.88. The van der Waals surface area contributed by atoms with Gasteiger partial charge in [0, 0.05) is 39.2 Å². The molecule has 2 rings (SSSR count). The molecule has 0 fully saturated rings. The summed E-state index contributed by atoms with van der Waals surface area (Å²) in [5.41, 5.74) is 2.11. The lowest BCUT2D eigenvalue weighted by molar-refractivity contribution is -0.131. The van der Waals surface area contributed by atoms with Crippen molar-refractivity contribution in [3.63, 3.8) is 0 Å². The van der Waals surface area contributed by atoms with Crippen LogP contribution in [0.15, 0.2) is 52.3 Å². The molecule has 10 nitrogen and oxygen atoms in total. The van der Waals surface area contributed by atoms with Crippen LogP contribution in [0.25, 0.3) is 11.1 Å². The molecule has 170 valence electrons. The number of carbonyl (C=O) groups is 1. The van der Waals surface area contributed by atoms with Gasteiger partial charge in [0.15, 0.2) is 14.6 Å². The summed E-state index contributed by atoms with van der Waals surface area (Å²) in [6, 6.07) is 9.02. The number of pyridine rings is 1. The first-order chi connectivity index (χ1) is 14.2. The van der Waals surface area contributed by atoms with Crippen molar-refractivity contribution < 1.29 is 26.8 Å². The molecule has 31 heavy (non-hydrogen) atoms. The fourth-order valence-corrected chi connectivity index (χ4v) is 4.57. The Bertz CT molecular complexity index is 1230. The number of nitrogens with zero attached hydrogens (tertiary/aromatic N) is 2. The quantitative estimate of drug-likeness (QED) is 0.421. The van der Waals surface area contributed by atoms with Gasteiger partial charge >= 0.3 is 0 Å². The van der Waals surface area contributed by atoms with Crippen molar-refractivity contribution in [2.75, 3.05) is 20.4 Å². The fourth-order valence-electron chi connectivity index (χ4n) is 2.82. The lowest BCUT2D eigenvalue weighted by Gasteiger charge is -2.25. The van der Waals surface area contributed by atoms with Gasteiger partial charge in [-0.1, -0.05) is 12.1 Å². The summed E-state index contributed by atoms with van der Waals surface area (Å²) < 4.78 is 48.8. The third kappa shape index (κ3) is 5.03. The van der Waals surface area contributed by atoms with Crippen LogP contribution in [0.1, 0.15) is 13.3 Å². The Hall–Kier alpha value is -2.54. The van der Waals surface area contributed by atoms with Gasteiger partial charge in [0.1, 0.15) is 0 Å². The van der Waals surface area contributed by atoms with Crippen molar-refractivity contribution in [2.45, 2.75) is 29.5 Å². The fraction of sp³-hybridized carbons (Fsp3) is 0.368. The first kappa shape index (κ1) is 24.7. The normalized spacial score (nSPS) is 14.3. The monoisotopic (exact) mass is 471 g/mol. The molecule has 2 aromatic rings. The van der Waals surface area contributed by atoms with Crippen LogP contribution >= 0.6 is 0 Å². The molecule has 0 saturated carbocycles. The Kier molecular flexibility index (Phi) is 7.10. The van der Waals surface area contributed by atoms with Crippen molar-refractivity contribution in [3.05, 3.63) is 52.9 Å². The van der Waals surface area contributed by atoms with E-state index in [1.807, 2.05) is 0 Å². The van der Waals surface area contributed by atoms with Crippen LogP contribution < -0.4 is 11.0 Å². The number of amides is 1. The molecule has 0 saturated heterocycles. The second-order valence-corrected chi connectivity index (χ2v) is 12.1. The highest BCUT2D eigenvalue weighted by Gasteiger charge is 2.43. The molecule has 12 heteroatoms. The molecule has 1 heterocycles. The topological polar surface area (TPSA) is 143 Å². The predicted molar refractivity (Wildman–Crippen MR) is 115 cm³/mol. The maximum Gasteiger partial charge on any atom is 0.264 e. The minimum absolute atomic E-state index is 0.0733. The lowest BCUT2D eigenvalue weighted by atomic mass is 10.1. The number of rotatable bonds is 8. The average molecular weight is 472 g/mol. The largest absolute Gasteiger partial charge is 0.315 e. The van der Waals surface area contributed by atoms with E-state index in [0.717, 1.165) is 10.6 Å². The van der Waals surface area contributed by atoms with E-state index in [4.69, 9.17) is 5.21 Å². The Morgan fingerprint density at radius 1 is 1.10 bits per heavy atom. The van der Waals surface area contributed by atoms with Gasteiger partial charge in [-0.05, 0) is 42.7 Å². The molecule has 1 aromatic heterocycles. The number of carbonyl (C=O) groups excluding carboxylic acids is 1. The first-order valence-electron chi connectivity index (χ1n) is 9.11. The zero-order chi connectivity index (χ0) is 23.6. The molecule has 0 aliphatic heterocycles. The van der Waals surface area contributed by atoms with Crippen LogP contribution in [-0.4, -0.2) is 61.9 Å². The molecule has 0 spiro atoms. The maximum atomic E-state index is 12.5. The van der Waals surface area contributed by atoms with Gasteiger partial charge < -0.3 is 4.57 Å². The van der Waals surface area contributed by atoms with E-state index in [9.17, 15) is 26.4 Å². The first-order valence-corrected chi connectivity index (χ1v) is 12.4. The van der Waals surface area contributed by atoms with E-state index in [0.29, 0.717) is 11.1 Å². The predicted octanol–water partition coefficient (Wildman–Crippen LogP) is 0.464. The van der Waals surface area contributed by atoms with E-state index >= 15 is 0 Å². The standard InChI is InChI=1S/C19H25N3O7S2/c1-19(18(24)20-25,30(4,26)27)10-12-22-11-9-15(13-17(22)23)14-5-7-16(8-6-14)31(28,29)21(2)3/h5-9,11,13,25H,10,12H2,1-4H3,(H,20,24). The van der Waals surface area contributed by atoms with Crippen LogP contribution in [0.5, 0.6) is 0 Å². The summed E-state index contributed by atoms with van der Waals surface area (Å²) in [5.74, 6) is -1.08. The van der Waals surface area contributed by atoms with E-state index in [-0.39, 0.29) is 17.9 Å². The summed E-state index contributed by atoms with van der Waals surface area (Å²) in [4.78, 5) is 24.5. The number of sulfonamides is 1. The number of hydrogen-bond donors (Lipinski definition) is 2. The molecule has 0 radical (unpaired) electrons. The second kappa shape index (κ2) is 8.91. The van der Waals surface area contributed by atoms with E-state index in [1.54, 1.807) is 18.2 Å². The molecule has 0 bridgehead atoms. The molecule has 1 aromatic carbocycles. The van der Waals surface area contributed by atoms with E-state index in [2.05, 4.69) is 0 Å². The van der Waals surface area contributed by atoms with Crippen molar-refractivity contribution >= 4 is 25.8 Å². The number of hydrogen-bond acceptors (Lipinski definition) is 7. The van der Waals surface area contributed by atoms with Gasteiger partial charge in [-0.15, -0.1) is 0 Å². The average Bonchev–Trinajstić information content (AvgIpc) is 2.71. The number of nitrogens with one attached hydrogen (secondary N) is 1. The number of benzene rings is 1. The third-order valence-electron chi connectivity index (χ3n) is 5.19. The Labute approximate surface area is 181 Å². The van der Waals surface area contributed by atoms with E-state index in [1.165, 1.54) is 55.5 Å². The van der Waals surface area contributed by atoms with Crippen molar-refractivity contribution in [1.29, 1.82) is 0 Å². The zero-order valence-corrected chi connectivity index (χ0v) is 19.2. The van der Waals surface area contributed by atoms with Crippen molar-refractivity contribution in [3.8, 4) is 11.1 Å². The van der Waals surface area contributed by atoms with Gasteiger partial charge in [0.05, 0.1) is 4.90 Å². The molecule has 0 aliphatic rings. The van der Waals surface area contributed by atoms with Gasteiger partial charge in [-0.2, -0.15) is 0 Å². The van der Waals surface area contributed by atoms with Crippen LogP contribution in [0.2, 0.25) is 0 Å². The zero-order valence-electron chi connectivity index (χ0n) is 17.6. The highest BCUT2D eigenvalue weighted by molar-refractivity contribution is 7.92. The number of sulfone groups is 1. The number of hydroxylamine groups is 1. The lowest BCUT2D eigenvalue weighted by Crippen LogP contribution is -2.49. The van der Waals surface area contributed by atoms with Gasteiger partial charge in [0.2, 0.25) is 10.0 Å². The number of aryl methyl sites for hydroxylation is 1. The summed E-state index contributed by atoms with van der Waals surface area (Å²) in [6.45, 7) is 1.10. The van der Waals surface area contributed by atoms with Gasteiger partial charge in [-0.3, -0.25) is 14.8 Å². The molecular formula is C19H25N3O7S2. The molecule has 0 aliphatic carbocycles. The van der Waals surface area contributed by atoms with Gasteiger partial charge in [0.25, 0.3) is 11.5 Å². The van der Waals surface area contributed by atoms with Crippen LogP contribution in [0.4, 0.5) is 0 Å². The van der Waals surface area contributed by atoms with Crippen LogP contribution in [-0.2, 0) is 31.2 Å². The Morgan fingerprint density at radius 3 is 2.13 bits per heavy atom. The van der Waals surface area contributed by atoms with Gasteiger partial charge in [-0.25, -0.2) is 26.6 Å². The summed E-state index contributed by atoms with van der Waals surface area (Å²) in [6.07, 6.45) is 2.12. The molecular weight excluding hydrogens is 446 g/mol. The SMILES string of the molecule is CN(C)S(=O)(=O)c1ccc(-c2ccn(CCC(C)(C(=O)NO)S(C)(=O)=O)c(=O)c2)cc1. The minimum atomic E-state index is -3.87. The number of aromatic nitrogens is 1. The second-order valence-electron chi connectivity index (χ2n) is 7.45. The Morgan fingerprint density at radius 2 is 1.68 bits per heavy atom.